The van der Waals surface area contributed by atoms with Gasteiger partial charge in [-0.1, -0.05) is 18.5 Å². The van der Waals surface area contributed by atoms with Crippen LogP contribution in [0.4, 0.5) is 5.69 Å². The van der Waals surface area contributed by atoms with Crippen molar-refractivity contribution >= 4 is 17.3 Å². The average Bonchev–Trinajstić information content (AvgIpc) is 2.71. The number of nitrogens with zero attached hydrogens (tertiary/aromatic N) is 1. The topological polar surface area (TPSA) is 3.24 Å². The zero-order valence-electron chi connectivity index (χ0n) is 8.59. The summed E-state index contributed by atoms with van der Waals surface area (Å²) in [6, 6.07) is 6.38. The van der Waals surface area contributed by atoms with Crippen molar-refractivity contribution in [3.05, 3.63) is 28.8 Å². The Labute approximate surface area is 90.7 Å². The summed E-state index contributed by atoms with van der Waals surface area (Å²) < 4.78 is 0. The maximum atomic E-state index is 6.08. The molecule has 0 spiro atoms. The number of aryl methyl sites for hydroxylation is 1. The quantitative estimate of drug-likeness (QED) is 0.721. The predicted molar refractivity (Wildman–Crippen MR) is 62.3 cm³/mol. The van der Waals surface area contributed by atoms with Crippen LogP contribution in [0.3, 0.4) is 0 Å². The van der Waals surface area contributed by atoms with E-state index < -0.39 is 0 Å². The van der Waals surface area contributed by atoms with Gasteiger partial charge in [-0.05, 0) is 43.0 Å². The van der Waals surface area contributed by atoms with Crippen molar-refractivity contribution in [3.8, 4) is 0 Å². The van der Waals surface area contributed by atoms with E-state index in [0.29, 0.717) is 0 Å². The molecule has 1 nitrogen and oxygen atoms in total. The Morgan fingerprint density at radius 2 is 2.00 bits per heavy atom. The van der Waals surface area contributed by atoms with E-state index in [1.54, 1.807) is 0 Å². The number of hydrogen-bond donors (Lipinski definition) is 0. The van der Waals surface area contributed by atoms with Gasteiger partial charge in [-0.2, -0.15) is 0 Å². The second-order valence-electron chi connectivity index (χ2n) is 3.82. The third kappa shape index (κ3) is 1.88. The molecule has 0 saturated carbocycles. The Kier molecular flexibility index (Phi) is 2.97. The first-order valence-corrected chi connectivity index (χ1v) is 5.72. The molecule has 1 aromatic carbocycles. The molecule has 1 aromatic rings. The maximum absolute atomic E-state index is 6.08. The van der Waals surface area contributed by atoms with Gasteiger partial charge in [0.15, 0.2) is 0 Å². The Morgan fingerprint density at radius 3 is 2.64 bits per heavy atom. The van der Waals surface area contributed by atoms with E-state index in [0.717, 1.165) is 11.4 Å². The van der Waals surface area contributed by atoms with Crippen LogP contribution in [0.5, 0.6) is 0 Å². The van der Waals surface area contributed by atoms with Crippen molar-refractivity contribution in [2.24, 2.45) is 0 Å². The largest absolute Gasteiger partial charge is 0.372 e. The summed E-state index contributed by atoms with van der Waals surface area (Å²) in [4.78, 5) is 2.44. The molecule has 14 heavy (non-hydrogen) atoms. The molecule has 2 heteroatoms. The van der Waals surface area contributed by atoms with Gasteiger partial charge in [0, 0.05) is 23.8 Å². The average molecular weight is 210 g/mol. The smallest absolute Gasteiger partial charge is 0.0439 e. The standard InChI is InChI=1S/C12H16ClN/c1-2-10-9-11(5-6-12(10)13)14-7-3-4-8-14/h5-6,9H,2-4,7-8H2,1H3. The molecule has 1 aliphatic heterocycles. The molecule has 0 bridgehead atoms. The minimum Gasteiger partial charge on any atom is -0.372 e. The third-order valence-electron chi connectivity index (χ3n) is 2.88. The van der Waals surface area contributed by atoms with Crippen LogP contribution in [-0.2, 0) is 6.42 Å². The SMILES string of the molecule is CCc1cc(N2CCCC2)ccc1Cl. The zero-order valence-corrected chi connectivity index (χ0v) is 9.35. The van der Waals surface area contributed by atoms with Crippen LogP contribution in [-0.4, -0.2) is 13.1 Å². The number of anilines is 1. The highest BCUT2D eigenvalue weighted by Crippen LogP contribution is 2.25. The van der Waals surface area contributed by atoms with Gasteiger partial charge in [0.05, 0.1) is 0 Å². The van der Waals surface area contributed by atoms with Gasteiger partial charge in [-0.3, -0.25) is 0 Å². The molecule has 0 aromatic heterocycles. The molecule has 0 N–H and O–H groups in total. The fourth-order valence-electron chi connectivity index (χ4n) is 2.00. The summed E-state index contributed by atoms with van der Waals surface area (Å²) in [7, 11) is 0. The summed E-state index contributed by atoms with van der Waals surface area (Å²) >= 11 is 6.08. The monoisotopic (exact) mass is 209 g/mol. The summed E-state index contributed by atoms with van der Waals surface area (Å²) in [5, 5.41) is 0.899. The second kappa shape index (κ2) is 4.22. The fraction of sp³-hybridized carbons (Fsp3) is 0.500. The first-order chi connectivity index (χ1) is 6.81. The van der Waals surface area contributed by atoms with Crippen molar-refractivity contribution < 1.29 is 0 Å². The first kappa shape index (κ1) is 9.85. The van der Waals surface area contributed by atoms with Crippen LogP contribution in [0.2, 0.25) is 5.02 Å². The van der Waals surface area contributed by atoms with Gasteiger partial charge in [0.25, 0.3) is 0 Å². The molecule has 2 rings (SSSR count). The molecule has 76 valence electrons. The Balaban J connectivity index is 2.25. The van der Waals surface area contributed by atoms with E-state index in [4.69, 9.17) is 11.6 Å². The minimum absolute atomic E-state index is 0.899. The lowest BCUT2D eigenvalue weighted by Crippen LogP contribution is -2.17. The van der Waals surface area contributed by atoms with Crippen molar-refractivity contribution in [3.63, 3.8) is 0 Å². The van der Waals surface area contributed by atoms with Crippen LogP contribution >= 0.6 is 11.6 Å². The molecule has 0 atom stereocenters. The van der Waals surface area contributed by atoms with Crippen molar-refractivity contribution in [2.45, 2.75) is 26.2 Å². The second-order valence-corrected chi connectivity index (χ2v) is 4.23. The van der Waals surface area contributed by atoms with Gasteiger partial charge in [-0.15, -0.1) is 0 Å². The Morgan fingerprint density at radius 1 is 1.29 bits per heavy atom. The van der Waals surface area contributed by atoms with Crippen LogP contribution in [0, 0.1) is 0 Å². The van der Waals surface area contributed by atoms with Gasteiger partial charge in [0.1, 0.15) is 0 Å². The molecule has 1 fully saturated rings. The third-order valence-corrected chi connectivity index (χ3v) is 3.25. The zero-order chi connectivity index (χ0) is 9.97. The van der Waals surface area contributed by atoms with Crippen molar-refractivity contribution in [2.75, 3.05) is 18.0 Å². The van der Waals surface area contributed by atoms with Crippen LogP contribution in [0.1, 0.15) is 25.3 Å². The highest BCUT2D eigenvalue weighted by Gasteiger charge is 2.12. The molecular formula is C12H16ClN. The molecule has 0 aliphatic carbocycles. The summed E-state index contributed by atoms with van der Waals surface area (Å²) in [5.74, 6) is 0. The molecule has 0 unspecified atom stereocenters. The molecule has 1 aliphatic rings. The van der Waals surface area contributed by atoms with Gasteiger partial charge in [0.2, 0.25) is 0 Å². The van der Waals surface area contributed by atoms with Gasteiger partial charge in [-0.25, -0.2) is 0 Å². The normalized spacial score (nSPS) is 16.3. The van der Waals surface area contributed by atoms with E-state index in [1.165, 1.54) is 37.2 Å². The fourth-order valence-corrected chi connectivity index (χ4v) is 2.26. The lowest BCUT2D eigenvalue weighted by Gasteiger charge is -2.18. The number of halogens is 1. The van der Waals surface area contributed by atoms with E-state index in [-0.39, 0.29) is 0 Å². The van der Waals surface area contributed by atoms with Crippen molar-refractivity contribution in [1.29, 1.82) is 0 Å². The summed E-state index contributed by atoms with van der Waals surface area (Å²) in [6.07, 6.45) is 3.66. The molecule has 1 heterocycles. The number of hydrogen-bond acceptors (Lipinski definition) is 1. The number of rotatable bonds is 2. The highest BCUT2D eigenvalue weighted by molar-refractivity contribution is 6.31. The van der Waals surface area contributed by atoms with E-state index in [1.807, 2.05) is 6.07 Å². The minimum atomic E-state index is 0.899. The number of benzene rings is 1. The lowest BCUT2D eigenvalue weighted by atomic mass is 10.1. The van der Waals surface area contributed by atoms with E-state index in [9.17, 15) is 0 Å². The molecule has 0 amide bonds. The lowest BCUT2D eigenvalue weighted by molar-refractivity contribution is 0.949. The van der Waals surface area contributed by atoms with E-state index >= 15 is 0 Å². The molecule has 1 saturated heterocycles. The van der Waals surface area contributed by atoms with Crippen molar-refractivity contribution in [1.82, 2.24) is 0 Å². The predicted octanol–water partition coefficient (Wildman–Crippen LogP) is 3.50. The van der Waals surface area contributed by atoms with Crippen LogP contribution in [0.15, 0.2) is 18.2 Å². The molecule has 0 radical (unpaired) electrons. The van der Waals surface area contributed by atoms with Gasteiger partial charge >= 0.3 is 0 Å². The summed E-state index contributed by atoms with van der Waals surface area (Å²) in [5.41, 5.74) is 2.60. The van der Waals surface area contributed by atoms with Gasteiger partial charge < -0.3 is 4.90 Å². The molecular weight excluding hydrogens is 194 g/mol. The first-order valence-electron chi connectivity index (χ1n) is 5.34. The summed E-state index contributed by atoms with van der Waals surface area (Å²) in [6.45, 7) is 4.55. The highest BCUT2D eigenvalue weighted by atomic mass is 35.5. The van der Waals surface area contributed by atoms with Crippen LogP contribution < -0.4 is 4.90 Å². The Hall–Kier alpha value is -0.690. The van der Waals surface area contributed by atoms with Crippen LogP contribution in [0.25, 0.3) is 0 Å². The maximum Gasteiger partial charge on any atom is 0.0439 e. The Bertz CT molecular complexity index is 316. The van der Waals surface area contributed by atoms with E-state index in [2.05, 4.69) is 24.0 Å².